The number of rotatable bonds is 5. The quantitative estimate of drug-likeness (QED) is 0.686. The Balaban J connectivity index is 1.31. The second-order valence-corrected chi connectivity index (χ2v) is 7.24. The minimum Gasteiger partial charge on any atom is -0.372 e. The van der Waals surface area contributed by atoms with Crippen molar-refractivity contribution in [2.45, 2.75) is 32.2 Å². The van der Waals surface area contributed by atoms with E-state index in [4.69, 9.17) is 0 Å². The Morgan fingerprint density at radius 2 is 1.82 bits per heavy atom. The maximum Gasteiger partial charge on any atom is 0.244 e. The van der Waals surface area contributed by atoms with E-state index in [0.29, 0.717) is 6.54 Å². The number of anilines is 1. The first-order valence-corrected chi connectivity index (χ1v) is 10.0. The Morgan fingerprint density at radius 3 is 2.57 bits per heavy atom. The monoisotopic (exact) mass is 374 g/mol. The molecule has 0 bridgehead atoms. The van der Waals surface area contributed by atoms with Crippen molar-refractivity contribution in [1.82, 2.24) is 14.7 Å². The lowest BCUT2D eigenvalue weighted by molar-refractivity contribution is -0.116. The third-order valence-corrected chi connectivity index (χ3v) is 5.15. The summed E-state index contributed by atoms with van der Waals surface area (Å²) in [4.78, 5) is 19.1. The van der Waals surface area contributed by atoms with E-state index < -0.39 is 0 Å². The molecule has 2 aromatic heterocycles. The van der Waals surface area contributed by atoms with Gasteiger partial charge >= 0.3 is 0 Å². The summed E-state index contributed by atoms with van der Waals surface area (Å²) in [5.74, 6) is -0.117. The Hall–Kier alpha value is -3.08. The smallest absolute Gasteiger partial charge is 0.244 e. The summed E-state index contributed by atoms with van der Waals surface area (Å²) < 4.78 is 1.95. The molecule has 0 atom stereocenters. The first-order valence-electron chi connectivity index (χ1n) is 10.0. The molecule has 1 amide bonds. The van der Waals surface area contributed by atoms with E-state index in [0.717, 1.165) is 30.0 Å². The van der Waals surface area contributed by atoms with Gasteiger partial charge in [0.25, 0.3) is 0 Å². The first kappa shape index (κ1) is 18.3. The summed E-state index contributed by atoms with van der Waals surface area (Å²) >= 11 is 0. The van der Waals surface area contributed by atoms with Gasteiger partial charge in [-0.3, -0.25) is 4.79 Å². The molecule has 1 aliphatic heterocycles. The molecule has 28 heavy (non-hydrogen) atoms. The fraction of sp³-hybridized carbons (Fsp3) is 0.304. The zero-order chi connectivity index (χ0) is 19.2. The second kappa shape index (κ2) is 8.74. The lowest BCUT2D eigenvalue weighted by atomic mass is 10.1. The van der Waals surface area contributed by atoms with Crippen LogP contribution in [0.3, 0.4) is 0 Å². The molecule has 1 aromatic carbocycles. The lowest BCUT2D eigenvalue weighted by Crippen LogP contribution is -2.23. The molecule has 5 heteroatoms. The molecule has 0 spiro atoms. The maximum absolute atomic E-state index is 12.1. The summed E-state index contributed by atoms with van der Waals surface area (Å²) in [7, 11) is 0. The number of amides is 1. The van der Waals surface area contributed by atoms with Gasteiger partial charge in [0, 0.05) is 37.2 Å². The van der Waals surface area contributed by atoms with Gasteiger partial charge in [0.15, 0.2) is 0 Å². The van der Waals surface area contributed by atoms with Crippen molar-refractivity contribution in [2.24, 2.45) is 0 Å². The Kier molecular flexibility index (Phi) is 5.71. The van der Waals surface area contributed by atoms with Gasteiger partial charge in [0.1, 0.15) is 5.65 Å². The molecule has 1 aliphatic rings. The third-order valence-electron chi connectivity index (χ3n) is 5.15. The molecular weight excluding hydrogens is 348 g/mol. The van der Waals surface area contributed by atoms with Gasteiger partial charge < -0.3 is 14.6 Å². The van der Waals surface area contributed by atoms with Crippen LogP contribution in [-0.4, -0.2) is 28.4 Å². The van der Waals surface area contributed by atoms with Gasteiger partial charge in [-0.05, 0) is 48.7 Å². The van der Waals surface area contributed by atoms with Crippen molar-refractivity contribution in [3.05, 3.63) is 72.2 Å². The van der Waals surface area contributed by atoms with Crippen molar-refractivity contribution in [1.29, 1.82) is 0 Å². The van der Waals surface area contributed by atoms with Crippen molar-refractivity contribution in [3.63, 3.8) is 0 Å². The van der Waals surface area contributed by atoms with Crippen LogP contribution in [0.5, 0.6) is 0 Å². The van der Waals surface area contributed by atoms with Crippen LogP contribution in [-0.2, 0) is 11.3 Å². The van der Waals surface area contributed by atoms with Crippen LogP contribution in [0.2, 0.25) is 0 Å². The van der Waals surface area contributed by atoms with Crippen LogP contribution in [0.4, 0.5) is 5.69 Å². The lowest BCUT2D eigenvalue weighted by Gasteiger charge is -2.22. The van der Waals surface area contributed by atoms with Crippen molar-refractivity contribution < 1.29 is 4.79 Å². The summed E-state index contributed by atoms with van der Waals surface area (Å²) in [6, 6.07) is 14.3. The first-order chi connectivity index (χ1) is 13.8. The standard InChI is InChI=1S/C23H26N4O/c28-23(24-17-20-18-27-16-6-3-7-22(27)25-20)13-10-19-8-11-21(12-9-19)26-14-4-1-2-5-15-26/h3,6-13,16,18H,1-2,4-5,14-15,17H2,(H,24,28)/b13-10+. The minimum atomic E-state index is -0.117. The highest BCUT2D eigenvalue weighted by molar-refractivity contribution is 5.91. The van der Waals surface area contributed by atoms with E-state index in [9.17, 15) is 4.79 Å². The van der Waals surface area contributed by atoms with Gasteiger partial charge in [-0.15, -0.1) is 0 Å². The number of carbonyl (C=O) groups is 1. The highest BCUT2D eigenvalue weighted by atomic mass is 16.1. The van der Waals surface area contributed by atoms with Crippen LogP contribution >= 0.6 is 0 Å². The predicted octanol–water partition coefficient (Wildman–Crippen LogP) is 4.04. The fourth-order valence-electron chi connectivity index (χ4n) is 3.61. The molecule has 5 nitrogen and oxygen atoms in total. The van der Waals surface area contributed by atoms with Crippen molar-refractivity contribution in [3.8, 4) is 0 Å². The number of nitrogens with zero attached hydrogens (tertiary/aromatic N) is 3. The number of carbonyl (C=O) groups excluding carboxylic acids is 1. The molecule has 1 N–H and O–H groups in total. The van der Waals surface area contributed by atoms with E-state index in [1.165, 1.54) is 31.4 Å². The molecule has 3 aromatic rings. The van der Waals surface area contributed by atoms with Crippen LogP contribution in [0.15, 0.2) is 60.9 Å². The second-order valence-electron chi connectivity index (χ2n) is 7.24. The molecule has 0 unspecified atom stereocenters. The number of benzene rings is 1. The Bertz CT molecular complexity index is 917. The van der Waals surface area contributed by atoms with Crippen LogP contribution in [0.25, 0.3) is 11.7 Å². The summed E-state index contributed by atoms with van der Waals surface area (Å²) in [6.45, 7) is 2.69. The van der Waals surface area contributed by atoms with Crippen LogP contribution in [0, 0.1) is 0 Å². The van der Waals surface area contributed by atoms with E-state index in [2.05, 4.69) is 39.5 Å². The van der Waals surface area contributed by atoms with E-state index in [1.807, 2.05) is 41.1 Å². The van der Waals surface area contributed by atoms with Gasteiger partial charge in [-0.1, -0.05) is 31.0 Å². The molecule has 1 fully saturated rings. The largest absolute Gasteiger partial charge is 0.372 e. The predicted molar refractivity (Wildman–Crippen MR) is 113 cm³/mol. The zero-order valence-corrected chi connectivity index (χ0v) is 16.1. The molecule has 144 valence electrons. The molecule has 1 saturated heterocycles. The topological polar surface area (TPSA) is 49.6 Å². The van der Waals surface area contributed by atoms with Crippen molar-refractivity contribution >= 4 is 23.3 Å². The summed E-state index contributed by atoms with van der Waals surface area (Å²) in [6.07, 6.45) is 12.5. The van der Waals surface area contributed by atoms with Crippen molar-refractivity contribution in [2.75, 3.05) is 18.0 Å². The van der Waals surface area contributed by atoms with Gasteiger partial charge in [-0.25, -0.2) is 4.98 Å². The Labute approximate surface area is 165 Å². The number of pyridine rings is 1. The number of hydrogen-bond donors (Lipinski definition) is 1. The van der Waals surface area contributed by atoms with E-state index in [1.54, 1.807) is 6.08 Å². The molecule has 0 aliphatic carbocycles. The summed E-state index contributed by atoms with van der Waals surface area (Å²) in [5, 5.41) is 2.89. The SMILES string of the molecule is O=C(/C=C/c1ccc(N2CCCCCC2)cc1)NCc1cn2ccccc2n1. The number of hydrogen-bond acceptors (Lipinski definition) is 3. The molecule has 0 saturated carbocycles. The number of aromatic nitrogens is 2. The van der Waals surface area contributed by atoms with E-state index in [-0.39, 0.29) is 5.91 Å². The number of fused-ring (bicyclic) bond motifs is 1. The molecule has 4 rings (SSSR count). The van der Waals surface area contributed by atoms with Gasteiger partial charge in [0.05, 0.1) is 12.2 Å². The zero-order valence-electron chi connectivity index (χ0n) is 16.1. The summed E-state index contributed by atoms with van der Waals surface area (Å²) in [5.41, 5.74) is 4.03. The fourth-order valence-corrected chi connectivity index (χ4v) is 3.61. The average molecular weight is 374 g/mol. The van der Waals surface area contributed by atoms with Gasteiger partial charge in [0.2, 0.25) is 5.91 Å². The van der Waals surface area contributed by atoms with Crippen LogP contribution < -0.4 is 10.2 Å². The molecule has 0 radical (unpaired) electrons. The molecular formula is C23H26N4O. The maximum atomic E-state index is 12.1. The third kappa shape index (κ3) is 4.60. The highest BCUT2D eigenvalue weighted by Gasteiger charge is 2.09. The van der Waals surface area contributed by atoms with Gasteiger partial charge in [-0.2, -0.15) is 0 Å². The molecule has 3 heterocycles. The normalized spacial score (nSPS) is 15.1. The van der Waals surface area contributed by atoms with E-state index >= 15 is 0 Å². The number of nitrogens with one attached hydrogen (secondary N) is 1. The Morgan fingerprint density at radius 1 is 1.04 bits per heavy atom. The highest BCUT2D eigenvalue weighted by Crippen LogP contribution is 2.20. The van der Waals surface area contributed by atoms with Crippen LogP contribution in [0.1, 0.15) is 36.9 Å². The average Bonchev–Trinajstić information content (AvgIpc) is 2.95. The minimum absolute atomic E-state index is 0.117. The number of imidazole rings is 1.